The number of rotatable bonds is 5. The van der Waals surface area contributed by atoms with Crippen LogP contribution in [0.2, 0.25) is 0 Å². The third-order valence-electron chi connectivity index (χ3n) is 5.22. The Bertz CT molecular complexity index is 562. The van der Waals surface area contributed by atoms with E-state index in [4.69, 9.17) is 4.74 Å². The van der Waals surface area contributed by atoms with E-state index in [2.05, 4.69) is 10.2 Å². The molecule has 0 aromatic heterocycles. The molecule has 1 aliphatic carbocycles. The van der Waals surface area contributed by atoms with Crippen LogP contribution in [0.4, 0.5) is 0 Å². The van der Waals surface area contributed by atoms with Crippen LogP contribution in [0.5, 0.6) is 5.75 Å². The third kappa shape index (κ3) is 3.88. The van der Waals surface area contributed by atoms with Gasteiger partial charge < -0.3 is 20.3 Å². The highest BCUT2D eigenvalue weighted by molar-refractivity contribution is 5.78. The highest BCUT2D eigenvalue weighted by Gasteiger charge is 2.41. The molecule has 24 heavy (non-hydrogen) atoms. The first kappa shape index (κ1) is 17.2. The topological polar surface area (TPSA) is 82.0 Å². The molecule has 0 unspecified atom stereocenters. The highest BCUT2D eigenvalue weighted by Crippen LogP contribution is 2.36. The molecular weight excluding hydrogens is 308 g/mol. The number of aliphatic hydroxyl groups excluding tert-OH is 2. The quantitative estimate of drug-likeness (QED) is 0.725. The molecule has 3 rings (SSSR count). The van der Waals surface area contributed by atoms with E-state index in [1.165, 1.54) is 0 Å². The van der Waals surface area contributed by atoms with Crippen molar-refractivity contribution < 1.29 is 19.7 Å². The maximum absolute atomic E-state index is 12.2. The van der Waals surface area contributed by atoms with Gasteiger partial charge in [0.25, 0.3) is 0 Å². The Kier molecular flexibility index (Phi) is 5.38. The molecule has 6 nitrogen and oxygen atoms in total. The molecule has 2 aliphatic rings. The standard InChI is InChI=1S/C18H26N2O4/c1-24-17-5-3-2-4-12(17)8-19-18(23)11-20-9-13-6-15(21)16(22)7-14(13)10-20/h2-5,13-16,21-22H,6-11H2,1H3,(H,19,23)/t13-,14+,15-,16-/m0/s1. The van der Waals surface area contributed by atoms with Crippen LogP contribution in [0.3, 0.4) is 0 Å². The summed E-state index contributed by atoms with van der Waals surface area (Å²) in [6.45, 7) is 2.43. The molecule has 1 aliphatic heterocycles. The zero-order valence-electron chi connectivity index (χ0n) is 14.0. The van der Waals surface area contributed by atoms with Crippen molar-refractivity contribution in [1.82, 2.24) is 10.2 Å². The molecule has 1 aromatic rings. The fourth-order valence-corrected chi connectivity index (χ4v) is 3.94. The maximum Gasteiger partial charge on any atom is 0.234 e. The largest absolute Gasteiger partial charge is 0.496 e. The summed E-state index contributed by atoms with van der Waals surface area (Å²) in [6, 6.07) is 7.64. The summed E-state index contributed by atoms with van der Waals surface area (Å²) in [5.74, 6) is 1.52. The number of amides is 1. The first-order valence-corrected chi connectivity index (χ1v) is 8.54. The van der Waals surface area contributed by atoms with Crippen LogP contribution < -0.4 is 10.1 Å². The number of benzene rings is 1. The van der Waals surface area contributed by atoms with Gasteiger partial charge in [0, 0.05) is 25.2 Å². The Balaban J connectivity index is 1.48. The van der Waals surface area contributed by atoms with Crippen molar-refractivity contribution >= 4 is 5.91 Å². The predicted molar refractivity (Wildman–Crippen MR) is 89.5 cm³/mol. The molecule has 3 N–H and O–H groups in total. The molecule has 1 heterocycles. The predicted octanol–water partition coefficient (Wildman–Crippen LogP) is 0.375. The SMILES string of the molecule is COc1ccccc1CNC(=O)CN1C[C@H]2C[C@H](O)[C@@H](O)C[C@H]2C1. The Morgan fingerprint density at radius 1 is 1.21 bits per heavy atom. The Morgan fingerprint density at radius 3 is 2.46 bits per heavy atom. The maximum atomic E-state index is 12.2. The fourth-order valence-electron chi connectivity index (χ4n) is 3.94. The first-order valence-electron chi connectivity index (χ1n) is 8.54. The molecule has 4 atom stereocenters. The summed E-state index contributed by atoms with van der Waals surface area (Å²) in [7, 11) is 1.62. The highest BCUT2D eigenvalue weighted by atomic mass is 16.5. The molecule has 6 heteroatoms. The molecule has 1 saturated heterocycles. The van der Waals surface area contributed by atoms with Crippen molar-refractivity contribution in [3.8, 4) is 5.75 Å². The number of fused-ring (bicyclic) bond motifs is 1. The van der Waals surface area contributed by atoms with Crippen molar-refractivity contribution in [2.24, 2.45) is 11.8 Å². The number of para-hydroxylation sites is 1. The van der Waals surface area contributed by atoms with Crippen LogP contribution >= 0.6 is 0 Å². The van der Waals surface area contributed by atoms with Crippen molar-refractivity contribution in [2.75, 3.05) is 26.7 Å². The summed E-state index contributed by atoms with van der Waals surface area (Å²) in [5, 5.41) is 22.5. The summed E-state index contributed by atoms with van der Waals surface area (Å²) in [5.41, 5.74) is 0.953. The number of carbonyl (C=O) groups is 1. The number of nitrogens with zero attached hydrogens (tertiary/aromatic N) is 1. The van der Waals surface area contributed by atoms with Gasteiger partial charge in [-0.1, -0.05) is 18.2 Å². The average molecular weight is 334 g/mol. The van der Waals surface area contributed by atoms with Crippen molar-refractivity contribution in [1.29, 1.82) is 0 Å². The van der Waals surface area contributed by atoms with E-state index in [1.54, 1.807) is 7.11 Å². The minimum atomic E-state index is -0.620. The molecule has 1 saturated carbocycles. The summed E-state index contributed by atoms with van der Waals surface area (Å²) in [6.07, 6.45) is 0.0206. The summed E-state index contributed by atoms with van der Waals surface area (Å²) in [4.78, 5) is 14.3. The molecule has 2 fully saturated rings. The molecule has 1 aromatic carbocycles. The number of aliphatic hydroxyl groups is 2. The van der Waals surface area contributed by atoms with Crippen LogP contribution in [0, 0.1) is 11.8 Å². The van der Waals surface area contributed by atoms with Gasteiger partial charge in [0.05, 0.1) is 25.9 Å². The minimum Gasteiger partial charge on any atom is -0.496 e. The number of hydrogen-bond acceptors (Lipinski definition) is 5. The lowest BCUT2D eigenvalue weighted by Crippen LogP contribution is -2.38. The number of likely N-dealkylation sites (tertiary alicyclic amines) is 1. The minimum absolute atomic E-state index is 0.0133. The van der Waals surface area contributed by atoms with Gasteiger partial charge in [-0.05, 0) is 30.7 Å². The normalized spacial score (nSPS) is 30.0. The average Bonchev–Trinajstić information content (AvgIpc) is 2.94. The van der Waals surface area contributed by atoms with E-state index in [9.17, 15) is 15.0 Å². The van der Waals surface area contributed by atoms with Crippen molar-refractivity contribution in [3.63, 3.8) is 0 Å². The van der Waals surface area contributed by atoms with Gasteiger partial charge in [0.1, 0.15) is 5.75 Å². The number of hydrogen-bond donors (Lipinski definition) is 3. The number of carbonyl (C=O) groups excluding carboxylic acids is 1. The van der Waals surface area contributed by atoms with Gasteiger partial charge in [0.2, 0.25) is 5.91 Å². The molecule has 1 amide bonds. The fraction of sp³-hybridized carbons (Fsp3) is 0.611. The zero-order chi connectivity index (χ0) is 17.1. The Labute approximate surface area is 142 Å². The van der Waals surface area contributed by atoms with E-state index >= 15 is 0 Å². The first-order chi connectivity index (χ1) is 11.6. The lowest BCUT2D eigenvalue weighted by Gasteiger charge is -2.32. The second-order valence-electron chi connectivity index (χ2n) is 6.91. The smallest absolute Gasteiger partial charge is 0.234 e. The van der Waals surface area contributed by atoms with Gasteiger partial charge >= 0.3 is 0 Å². The van der Waals surface area contributed by atoms with Crippen molar-refractivity contribution in [2.45, 2.75) is 31.6 Å². The van der Waals surface area contributed by atoms with Gasteiger partial charge in [-0.2, -0.15) is 0 Å². The Morgan fingerprint density at radius 2 is 1.83 bits per heavy atom. The van der Waals surface area contributed by atoms with Crippen molar-refractivity contribution in [3.05, 3.63) is 29.8 Å². The van der Waals surface area contributed by atoms with E-state index in [1.807, 2.05) is 24.3 Å². The van der Waals surface area contributed by atoms with Gasteiger partial charge in [-0.15, -0.1) is 0 Å². The summed E-state index contributed by atoms with van der Waals surface area (Å²) >= 11 is 0. The van der Waals surface area contributed by atoms with Gasteiger partial charge in [-0.3, -0.25) is 9.69 Å². The number of nitrogens with one attached hydrogen (secondary N) is 1. The molecular formula is C18H26N2O4. The van der Waals surface area contributed by atoms with Crippen LogP contribution in [0.25, 0.3) is 0 Å². The lowest BCUT2D eigenvalue weighted by atomic mass is 9.79. The third-order valence-corrected chi connectivity index (χ3v) is 5.22. The van der Waals surface area contributed by atoms with Crippen LogP contribution in [0.1, 0.15) is 18.4 Å². The van der Waals surface area contributed by atoms with Gasteiger partial charge in [-0.25, -0.2) is 0 Å². The number of ether oxygens (including phenoxy) is 1. The zero-order valence-corrected chi connectivity index (χ0v) is 14.0. The molecule has 132 valence electrons. The van der Waals surface area contributed by atoms with E-state index in [0.717, 1.165) is 24.4 Å². The van der Waals surface area contributed by atoms with E-state index in [-0.39, 0.29) is 5.91 Å². The number of methoxy groups -OCH3 is 1. The van der Waals surface area contributed by atoms with Crippen LogP contribution in [0.15, 0.2) is 24.3 Å². The monoisotopic (exact) mass is 334 g/mol. The summed E-state index contributed by atoms with van der Waals surface area (Å²) < 4.78 is 5.29. The molecule has 0 spiro atoms. The van der Waals surface area contributed by atoms with E-state index in [0.29, 0.717) is 37.8 Å². The van der Waals surface area contributed by atoms with Crippen LogP contribution in [-0.4, -0.2) is 60.0 Å². The lowest BCUT2D eigenvalue weighted by molar-refractivity contribution is -0.122. The van der Waals surface area contributed by atoms with Crippen LogP contribution in [-0.2, 0) is 11.3 Å². The van der Waals surface area contributed by atoms with Gasteiger partial charge in [0.15, 0.2) is 0 Å². The Hall–Kier alpha value is -1.63. The molecule has 0 bridgehead atoms. The second-order valence-corrected chi connectivity index (χ2v) is 6.91. The molecule has 0 radical (unpaired) electrons. The van der Waals surface area contributed by atoms with E-state index < -0.39 is 12.2 Å². The second kappa shape index (κ2) is 7.51.